The van der Waals surface area contributed by atoms with Gasteiger partial charge in [-0.1, -0.05) is 24.3 Å². The minimum atomic E-state index is -3.41. The summed E-state index contributed by atoms with van der Waals surface area (Å²) in [6, 6.07) is 15.7. The van der Waals surface area contributed by atoms with Crippen LogP contribution in [0.25, 0.3) is 0 Å². The van der Waals surface area contributed by atoms with Crippen LogP contribution in [0, 0.1) is 0 Å². The first-order chi connectivity index (χ1) is 14.8. The maximum atomic E-state index is 12.2. The maximum Gasteiger partial charge on any atom is 0.242 e. The van der Waals surface area contributed by atoms with Crippen LogP contribution in [0.3, 0.4) is 0 Å². The van der Waals surface area contributed by atoms with Crippen LogP contribution in [0.1, 0.15) is 36.9 Å². The minimum absolute atomic E-state index is 0.0985. The number of hydrogen-bond donors (Lipinski definition) is 2. The molecule has 3 rings (SSSR count). The van der Waals surface area contributed by atoms with Gasteiger partial charge < -0.3 is 15.5 Å². The van der Waals surface area contributed by atoms with E-state index in [2.05, 4.69) is 51.7 Å². The van der Waals surface area contributed by atoms with Crippen LogP contribution >= 0.6 is 0 Å². The molecule has 1 heterocycles. The Kier molecular flexibility index (Phi) is 7.56. The van der Waals surface area contributed by atoms with E-state index in [9.17, 15) is 8.42 Å². The van der Waals surface area contributed by atoms with Crippen molar-refractivity contribution < 1.29 is 8.42 Å². The molecular weight excluding hydrogens is 410 g/mol. The zero-order valence-corrected chi connectivity index (χ0v) is 19.6. The van der Waals surface area contributed by atoms with E-state index in [1.54, 1.807) is 19.2 Å². The van der Waals surface area contributed by atoms with Gasteiger partial charge in [0.1, 0.15) is 0 Å². The smallest absolute Gasteiger partial charge is 0.242 e. The zero-order valence-electron chi connectivity index (χ0n) is 18.8. The highest BCUT2D eigenvalue weighted by molar-refractivity contribution is 7.89. The highest BCUT2D eigenvalue weighted by atomic mass is 32.2. The number of rotatable bonds is 7. The Bertz CT molecular complexity index is 997. The first kappa shape index (κ1) is 23.1. The first-order valence-electron chi connectivity index (χ1n) is 10.6. The highest BCUT2D eigenvalue weighted by Gasteiger charge is 2.17. The third-order valence-electron chi connectivity index (χ3n) is 5.58. The molecule has 1 aliphatic heterocycles. The molecule has 31 heavy (non-hydrogen) atoms. The summed E-state index contributed by atoms with van der Waals surface area (Å²) in [6.45, 7) is 4.92. The molecule has 2 N–H and O–H groups in total. The lowest BCUT2D eigenvalue weighted by Crippen LogP contribution is -2.38. The highest BCUT2D eigenvalue weighted by Crippen LogP contribution is 2.24. The predicted octanol–water partition coefficient (Wildman–Crippen LogP) is 2.96. The van der Waals surface area contributed by atoms with E-state index in [-0.39, 0.29) is 10.9 Å². The van der Waals surface area contributed by atoms with Crippen LogP contribution in [-0.2, 0) is 16.6 Å². The summed E-state index contributed by atoms with van der Waals surface area (Å²) in [7, 11) is 1.39. The van der Waals surface area contributed by atoms with Crippen molar-refractivity contribution in [3.05, 3.63) is 59.7 Å². The fraction of sp³-hybridized carbons (Fsp3) is 0.435. The van der Waals surface area contributed by atoms with Gasteiger partial charge in [-0.3, -0.25) is 4.99 Å². The standard InChI is InChI=1S/C23H33N5O2S/c1-18(20-8-7-9-21(16-20)28-14-5-6-15-28)26-23(24-2)25-17-19-10-12-22(13-11-19)31(29,30)27(3)4/h7-13,16,18H,5-6,14-15,17H2,1-4H3,(H2,24,25,26). The Morgan fingerprint density at radius 2 is 1.81 bits per heavy atom. The van der Waals surface area contributed by atoms with E-state index >= 15 is 0 Å². The molecule has 1 unspecified atom stereocenters. The zero-order chi connectivity index (χ0) is 22.4. The second kappa shape index (κ2) is 10.2. The second-order valence-electron chi connectivity index (χ2n) is 8.01. The van der Waals surface area contributed by atoms with Crippen molar-refractivity contribution in [1.29, 1.82) is 0 Å². The summed E-state index contributed by atoms with van der Waals surface area (Å²) < 4.78 is 25.6. The van der Waals surface area contributed by atoms with Gasteiger partial charge in [0, 0.05) is 46.5 Å². The summed E-state index contributed by atoms with van der Waals surface area (Å²) in [4.78, 5) is 7.05. The van der Waals surface area contributed by atoms with Crippen molar-refractivity contribution >= 4 is 21.7 Å². The summed E-state index contributed by atoms with van der Waals surface area (Å²) >= 11 is 0. The molecule has 1 fully saturated rings. The van der Waals surface area contributed by atoms with Crippen molar-refractivity contribution in [1.82, 2.24) is 14.9 Å². The molecule has 7 nitrogen and oxygen atoms in total. The van der Waals surface area contributed by atoms with Crippen LogP contribution in [0.2, 0.25) is 0 Å². The van der Waals surface area contributed by atoms with Crippen molar-refractivity contribution in [2.75, 3.05) is 39.1 Å². The van der Waals surface area contributed by atoms with E-state index < -0.39 is 10.0 Å². The fourth-order valence-electron chi connectivity index (χ4n) is 3.63. The monoisotopic (exact) mass is 443 g/mol. The molecule has 8 heteroatoms. The van der Waals surface area contributed by atoms with Gasteiger partial charge in [0.05, 0.1) is 10.9 Å². The maximum absolute atomic E-state index is 12.2. The summed E-state index contributed by atoms with van der Waals surface area (Å²) in [5.74, 6) is 0.698. The fourth-order valence-corrected chi connectivity index (χ4v) is 4.53. The number of nitrogens with zero attached hydrogens (tertiary/aromatic N) is 3. The number of sulfonamides is 1. The molecule has 0 radical (unpaired) electrons. The van der Waals surface area contributed by atoms with Crippen molar-refractivity contribution in [2.24, 2.45) is 4.99 Å². The SMILES string of the molecule is CN=C(NCc1ccc(S(=O)(=O)N(C)C)cc1)NC(C)c1cccc(N2CCCC2)c1. The summed E-state index contributed by atoms with van der Waals surface area (Å²) in [5, 5.41) is 6.75. The number of aliphatic imine (C=N–C) groups is 1. The molecule has 1 aliphatic rings. The molecule has 0 aromatic heterocycles. The van der Waals surface area contributed by atoms with Crippen molar-refractivity contribution in [3.63, 3.8) is 0 Å². The Labute approximate surface area is 186 Å². The first-order valence-corrected chi connectivity index (χ1v) is 12.1. The Morgan fingerprint density at radius 3 is 2.42 bits per heavy atom. The van der Waals surface area contributed by atoms with Gasteiger partial charge in [0.2, 0.25) is 10.0 Å². The third-order valence-corrected chi connectivity index (χ3v) is 7.41. The quantitative estimate of drug-likeness (QED) is 0.508. The number of benzene rings is 2. The normalized spacial score (nSPS) is 15.9. The van der Waals surface area contributed by atoms with E-state index in [4.69, 9.17) is 0 Å². The molecule has 0 amide bonds. The van der Waals surface area contributed by atoms with Crippen molar-refractivity contribution in [3.8, 4) is 0 Å². The molecule has 1 atom stereocenters. The van der Waals surface area contributed by atoms with Crippen LogP contribution in [-0.4, -0.2) is 52.9 Å². The predicted molar refractivity (Wildman–Crippen MR) is 127 cm³/mol. The molecule has 2 aromatic carbocycles. The largest absolute Gasteiger partial charge is 0.372 e. The van der Waals surface area contributed by atoms with E-state index in [0.717, 1.165) is 18.7 Å². The van der Waals surface area contributed by atoms with Crippen LogP contribution in [0.15, 0.2) is 58.4 Å². The number of guanidine groups is 1. The van der Waals surface area contributed by atoms with Gasteiger partial charge >= 0.3 is 0 Å². The second-order valence-corrected chi connectivity index (χ2v) is 10.2. The van der Waals surface area contributed by atoms with E-state index in [1.165, 1.54) is 42.5 Å². The van der Waals surface area contributed by atoms with Gasteiger partial charge in [0.15, 0.2) is 5.96 Å². The van der Waals surface area contributed by atoms with Gasteiger partial charge in [0.25, 0.3) is 0 Å². The van der Waals surface area contributed by atoms with Crippen LogP contribution in [0.4, 0.5) is 5.69 Å². The lowest BCUT2D eigenvalue weighted by atomic mass is 10.1. The van der Waals surface area contributed by atoms with Crippen LogP contribution < -0.4 is 15.5 Å². The molecule has 2 aromatic rings. The Balaban J connectivity index is 1.59. The molecule has 168 valence electrons. The van der Waals surface area contributed by atoms with Gasteiger partial charge in [-0.25, -0.2) is 12.7 Å². The summed E-state index contributed by atoms with van der Waals surface area (Å²) in [6.07, 6.45) is 2.52. The minimum Gasteiger partial charge on any atom is -0.372 e. The molecular formula is C23H33N5O2S. The number of hydrogen-bond acceptors (Lipinski definition) is 4. The van der Waals surface area contributed by atoms with Gasteiger partial charge in [-0.2, -0.15) is 0 Å². The van der Waals surface area contributed by atoms with Gasteiger partial charge in [-0.05, 0) is 55.2 Å². The average Bonchev–Trinajstić information content (AvgIpc) is 3.32. The lowest BCUT2D eigenvalue weighted by molar-refractivity contribution is 0.520. The number of nitrogens with one attached hydrogen (secondary N) is 2. The Hall–Kier alpha value is -2.58. The molecule has 0 saturated carbocycles. The van der Waals surface area contributed by atoms with Crippen molar-refractivity contribution in [2.45, 2.75) is 37.2 Å². The van der Waals surface area contributed by atoms with E-state index in [1.807, 2.05) is 12.1 Å². The third kappa shape index (κ3) is 5.77. The van der Waals surface area contributed by atoms with E-state index in [0.29, 0.717) is 12.5 Å². The molecule has 0 aliphatic carbocycles. The van der Waals surface area contributed by atoms with Gasteiger partial charge in [-0.15, -0.1) is 0 Å². The lowest BCUT2D eigenvalue weighted by Gasteiger charge is -2.22. The molecule has 1 saturated heterocycles. The summed E-state index contributed by atoms with van der Waals surface area (Å²) in [5.41, 5.74) is 3.47. The number of anilines is 1. The topological polar surface area (TPSA) is 77.0 Å². The molecule has 0 spiro atoms. The Morgan fingerprint density at radius 1 is 1.13 bits per heavy atom. The van der Waals surface area contributed by atoms with Crippen LogP contribution in [0.5, 0.6) is 0 Å². The molecule has 0 bridgehead atoms. The average molecular weight is 444 g/mol.